The van der Waals surface area contributed by atoms with Gasteiger partial charge in [0.1, 0.15) is 12.1 Å². The molecule has 19 heavy (non-hydrogen) atoms. The molecule has 1 atom stereocenters. The van der Waals surface area contributed by atoms with Crippen molar-refractivity contribution in [3.05, 3.63) is 11.9 Å². The lowest BCUT2D eigenvalue weighted by atomic mass is 10.2. The van der Waals surface area contributed by atoms with Gasteiger partial charge in [0, 0.05) is 19.1 Å². The summed E-state index contributed by atoms with van der Waals surface area (Å²) in [6, 6.07) is 0.465. The van der Waals surface area contributed by atoms with Gasteiger partial charge in [-0.15, -0.1) is 0 Å². The van der Waals surface area contributed by atoms with Gasteiger partial charge in [0.25, 0.3) is 0 Å². The molecule has 6 heteroatoms. The summed E-state index contributed by atoms with van der Waals surface area (Å²) in [4.78, 5) is 10.5. The molecule has 0 saturated carbocycles. The van der Waals surface area contributed by atoms with Gasteiger partial charge in [-0.3, -0.25) is 0 Å². The van der Waals surface area contributed by atoms with Crippen LogP contribution in [-0.2, 0) is 0 Å². The van der Waals surface area contributed by atoms with Gasteiger partial charge in [0.2, 0.25) is 5.88 Å². The van der Waals surface area contributed by atoms with Crippen LogP contribution in [0.15, 0.2) is 6.33 Å². The fraction of sp³-hybridized carbons (Fsp3) is 0.692. The first kappa shape index (κ1) is 14.0. The second-order valence-electron chi connectivity index (χ2n) is 4.79. The highest BCUT2D eigenvalue weighted by Gasteiger charge is 2.21. The molecular formula is C13H22N4O2. The smallest absolute Gasteiger partial charge is 0.221 e. The van der Waals surface area contributed by atoms with E-state index in [9.17, 15) is 5.11 Å². The Hall–Kier alpha value is -1.40. The van der Waals surface area contributed by atoms with Crippen LogP contribution in [0.3, 0.4) is 0 Å². The number of aliphatic hydroxyl groups is 1. The molecule has 6 nitrogen and oxygen atoms in total. The molecule has 1 aliphatic rings. The highest BCUT2D eigenvalue weighted by molar-refractivity contribution is 5.50. The largest absolute Gasteiger partial charge is 0.481 e. The zero-order valence-electron chi connectivity index (χ0n) is 11.6. The van der Waals surface area contributed by atoms with Gasteiger partial charge >= 0.3 is 0 Å². The van der Waals surface area contributed by atoms with Gasteiger partial charge in [-0.05, 0) is 26.3 Å². The highest BCUT2D eigenvalue weighted by Crippen LogP contribution is 2.24. The summed E-state index contributed by atoms with van der Waals surface area (Å²) in [5, 5.41) is 12.7. The highest BCUT2D eigenvalue weighted by atomic mass is 16.5. The Morgan fingerprint density at radius 2 is 2.37 bits per heavy atom. The van der Waals surface area contributed by atoms with E-state index in [1.165, 1.54) is 19.2 Å². The standard InChI is InChI=1S/C13H22N4O2/c1-10-12(15-9-16-13(10)19-2)17(6-7-18)8-11-4-3-5-14-11/h9,11,14,18H,3-8H2,1-2H3. The van der Waals surface area contributed by atoms with Gasteiger partial charge in [-0.2, -0.15) is 0 Å². The maximum atomic E-state index is 9.25. The molecule has 0 bridgehead atoms. The normalized spacial score (nSPS) is 18.6. The van der Waals surface area contributed by atoms with Crippen molar-refractivity contribution in [1.29, 1.82) is 0 Å². The van der Waals surface area contributed by atoms with Crippen molar-refractivity contribution in [3.63, 3.8) is 0 Å². The van der Waals surface area contributed by atoms with Gasteiger partial charge in [0.05, 0.1) is 19.3 Å². The third-order valence-corrected chi connectivity index (χ3v) is 3.48. The molecule has 0 aromatic carbocycles. The summed E-state index contributed by atoms with van der Waals surface area (Å²) in [6.07, 6.45) is 3.89. The summed E-state index contributed by atoms with van der Waals surface area (Å²) in [5.74, 6) is 1.43. The van der Waals surface area contributed by atoms with Crippen LogP contribution in [0.2, 0.25) is 0 Å². The van der Waals surface area contributed by atoms with Crippen LogP contribution in [0.25, 0.3) is 0 Å². The van der Waals surface area contributed by atoms with Crippen LogP contribution in [0.1, 0.15) is 18.4 Å². The molecule has 1 aromatic rings. The van der Waals surface area contributed by atoms with Gasteiger partial charge in [0.15, 0.2) is 0 Å². The lowest BCUT2D eigenvalue weighted by Crippen LogP contribution is -2.39. The van der Waals surface area contributed by atoms with Crippen molar-refractivity contribution in [2.75, 3.05) is 38.3 Å². The number of rotatable bonds is 6. The number of nitrogens with one attached hydrogen (secondary N) is 1. The molecule has 1 saturated heterocycles. The Kier molecular flexibility index (Phi) is 4.93. The lowest BCUT2D eigenvalue weighted by Gasteiger charge is -2.27. The SMILES string of the molecule is COc1ncnc(N(CCO)CC2CCCN2)c1C. The van der Waals surface area contributed by atoms with E-state index in [2.05, 4.69) is 20.2 Å². The molecule has 0 spiro atoms. The fourth-order valence-corrected chi connectivity index (χ4v) is 2.53. The van der Waals surface area contributed by atoms with Crippen molar-refractivity contribution in [1.82, 2.24) is 15.3 Å². The molecule has 2 rings (SSSR count). The van der Waals surface area contributed by atoms with E-state index in [4.69, 9.17) is 4.74 Å². The van der Waals surface area contributed by atoms with E-state index >= 15 is 0 Å². The summed E-state index contributed by atoms with van der Waals surface area (Å²) in [6.45, 7) is 4.55. The summed E-state index contributed by atoms with van der Waals surface area (Å²) >= 11 is 0. The first-order valence-corrected chi connectivity index (χ1v) is 6.71. The number of anilines is 1. The Morgan fingerprint density at radius 1 is 1.53 bits per heavy atom. The summed E-state index contributed by atoms with van der Waals surface area (Å²) < 4.78 is 5.23. The number of ether oxygens (including phenoxy) is 1. The quantitative estimate of drug-likeness (QED) is 0.774. The van der Waals surface area contributed by atoms with E-state index in [0.717, 1.165) is 24.5 Å². The Bertz CT molecular complexity index is 408. The maximum Gasteiger partial charge on any atom is 0.221 e. The molecule has 0 amide bonds. The fourth-order valence-electron chi connectivity index (χ4n) is 2.53. The van der Waals surface area contributed by atoms with Crippen LogP contribution in [0.4, 0.5) is 5.82 Å². The summed E-state index contributed by atoms with van der Waals surface area (Å²) in [7, 11) is 1.61. The van der Waals surface area contributed by atoms with Crippen LogP contribution in [0, 0.1) is 6.92 Å². The van der Waals surface area contributed by atoms with Crippen LogP contribution >= 0.6 is 0 Å². The molecule has 1 fully saturated rings. The van der Waals surface area contributed by atoms with E-state index < -0.39 is 0 Å². The average molecular weight is 266 g/mol. The first-order valence-electron chi connectivity index (χ1n) is 6.71. The molecule has 1 unspecified atom stereocenters. The van der Waals surface area contributed by atoms with E-state index in [1.807, 2.05) is 6.92 Å². The average Bonchev–Trinajstić information content (AvgIpc) is 2.91. The molecule has 0 aliphatic carbocycles. The van der Waals surface area contributed by atoms with E-state index in [1.54, 1.807) is 7.11 Å². The lowest BCUT2D eigenvalue weighted by molar-refractivity contribution is 0.300. The Labute approximate surface area is 113 Å². The first-order chi connectivity index (χ1) is 9.26. The molecule has 2 N–H and O–H groups in total. The maximum absolute atomic E-state index is 9.25. The van der Waals surface area contributed by atoms with Crippen molar-refractivity contribution in [2.45, 2.75) is 25.8 Å². The second kappa shape index (κ2) is 6.68. The third kappa shape index (κ3) is 3.33. The number of aliphatic hydroxyl groups excluding tert-OH is 1. The topological polar surface area (TPSA) is 70.5 Å². The molecule has 1 aliphatic heterocycles. The Balaban J connectivity index is 2.17. The Morgan fingerprint density at radius 3 is 3.00 bits per heavy atom. The second-order valence-corrected chi connectivity index (χ2v) is 4.79. The molecule has 2 heterocycles. The predicted molar refractivity (Wildman–Crippen MR) is 73.6 cm³/mol. The van der Waals surface area contributed by atoms with Crippen molar-refractivity contribution in [2.24, 2.45) is 0 Å². The zero-order valence-corrected chi connectivity index (χ0v) is 11.6. The van der Waals surface area contributed by atoms with E-state index in [0.29, 0.717) is 18.5 Å². The number of aromatic nitrogens is 2. The van der Waals surface area contributed by atoms with Crippen LogP contribution in [-0.4, -0.2) is 54.5 Å². The van der Waals surface area contributed by atoms with Gasteiger partial charge < -0.3 is 20.1 Å². The van der Waals surface area contributed by atoms with Crippen molar-refractivity contribution in [3.8, 4) is 5.88 Å². The molecular weight excluding hydrogens is 244 g/mol. The van der Waals surface area contributed by atoms with Gasteiger partial charge in [-0.25, -0.2) is 9.97 Å². The van der Waals surface area contributed by atoms with Crippen molar-refractivity contribution >= 4 is 5.82 Å². The number of hydrogen-bond acceptors (Lipinski definition) is 6. The minimum atomic E-state index is 0.110. The number of methoxy groups -OCH3 is 1. The minimum absolute atomic E-state index is 0.110. The molecule has 106 valence electrons. The monoisotopic (exact) mass is 266 g/mol. The van der Waals surface area contributed by atoms with Crippen molar-refractivity contribution < 1.29 is 9.84 Å². The van der Waals surface area contributed by atoms with Crippen LogP contribution in [0.5, 0.6) is 5.88 Å². The number of hydrogen-bond donors (Lipinski definition) is 2. The minimum Gasteiger partial charge on any atom is -0.481 e. The predicted octanol–water partition coefficient (Wildman–Crippen LogP) is 0.344. The zero-order chi connectivity index (χ0) is 13.7. The molecule has 0 radical (unpaired) electrons. The van der Waals surface area contributed by atoms with Crippen LogP contribution < -0.4 is 15.0 Å². The third-order valence-electron chi connectivity index (χ3n) is 3.48. The summed E-state index contributed by atoms with van der Waals surface area (Å²) in [5.41, 5.74) is 0.913. The van der Waals surface area contributed by atoms with Gasteiger partial charge in [-0.1, -0.05) is 0 Å². The van der Waals surface area contributed by atoms with E-state index in [-0.39, 0.29) is 6.61 Å². The number of nitrogens with zero attached hydrogens (tertiary/aromatic N) is 3. The molecule has 1 aromatic heterocycles.